The molecule has 4 heteroatoms. The minimum Gasteiger partial charge on any atom is -0.456 e. The van der Waals surface area contributed by atoms with Crippen molar-refractivity contribution in [3.05, 3.63) is 42.0 Å². The van der Waals surface area contributed by atoms with Crippen molar-refractivity contribution >= 4 is 27.6 Å². The van der Waals surface area contributed by atoms with Crippen LogP contribution in [-0.2, 0) is 0 Å². The smallest absolute Gasteiger partial charge is 0.137 e. The van der Waals surface area contributed by atoms with E-state index in [-0.39, 0.29) is 5.23 Å². The Hall–Kier alpha value is -2.04. The Morgan fingerprint density at radius 3 is 2.59 bits per heavy atom. The molecule has 0 aliphatic carbocycles. The molecule has 3 rings (SSSR count). The SMILES string of the molecule is Cc1cc(N(O)O)c2c(c1)oc1ccccc12. The zero-order chi connectivity index (χ0) is 12.0. The van der Waals surface area contributed by atoms with Gasteiger partial charge in [0.25, 0.3) is 0 Å². The van der Waals surface area contributed by atoms with Gasteiger partial charge in [-0.2, -0.15) is 0 Å². The Balaban J connectivity index is 2.53. The zero-order valence-corrected chi connectivity index (χ0v) is 9.21. The van der Waals surface area contributed by atoms with E-state index in [4.69, 9.17) is 4.42 Å². The molecule has 0 aliphatic rings. The van der Waals surface area contributed by atoms with E-state index in [9.17, 15) is 10.4 Å². The van der Waals surface area contributed by atoms with Crippen LogP contribution in [0.4, 0.5) is 5.69 Å². The number of nitrogens with zero attached hydrogens (tertiary/aromatic N) is 1. The predicted octanol–water partition coefficient (Wildman–Crippen LogP) is 3.48. The Bertz CT molecular complexity index is 700. The number of rotatable bonds is 1. The number of furan rings is 1. The Morgan fingerprint density at radius 2 is 1.82 bits per heavy atom. The second kappa shape index (κ2) is 3.48. The highest BCUT2D eigenvalue weighted by molar-refractivity contribution is 6.11. The van der Waals surface area contributed by atoms with Crippen molar-refractivity contribution in [1.29, 1.82) is 0 Å². The van der Waals surface area contributed by atoms with Crippen molar-refractivity contribution < 1.29 is 14.8 Å². The first kappa shape index (κ1) is 10.1. The van der Waals surface area contributed by atoms with Crippen LogP contribution in [0.5, 0.6) is 0 Å². The first-order valence-electron chi connectivity index (χ1n) is 5.26. The Kier molecular flexibility index (Phi) is 2.07. The quantitative estimate of drug-likeness (QED) is 0.627. The third-order valence-corrected chi connectivity index (χ3v) is 2.82. The highest BCUT2D eigenvalue weighted by atomic mass is 16.8. The highest BCUT2D eigenvalue weighted by Crippen LogP contribution is 2.35. The van der Waals surface area contributed by atoms with Crippen molar-refractivity contribution in [3.63, 3.8) is 0 Å². The summed E-state index contributed by atoms with van der Waals surface area (Å²) in [5.41, 5.74) is 2.61. The molecular formula is C13H11NO3. The number of hydrogen-bond acceptors (Lipinski definition) is 4. The van der Waals surface area contributed by atoms with Crippen molar-refractivity contribution in [2.24, 2.45) is 0 Å². The molecule has 0 bridgehead atoms. The summed E-state index contributed by atoms with van der Waals surface area (Å²) < 4.78 is 5.68. The van der Waals surface area contributed by atoms with E-state index in [1.54, 1.807) is 6.07 Å². The first-order chi connectivity index (χ1) is 8.16. The van der Waals surface area contributed by atoms with Crippen molar-refractivity contribution in [2.75, 3.05) is 5.23 Å². The maximum absolute atomic E-state index is 9.27. The van der Waals surface area contributed by atoms with Gasteiger partial charge in [-0.3, -0.25) is 10.4 Å². The lowest BCUT2D eigenvalue weighted by molar-refractivity contribution is 0.0300. The van der Waals surface area contributed by atoms with E-state index in [1.165, 1.54) is 0 Å². The third-order valence-electron chi connectivity index (χ3n) is 2.82. The van der Waals surface area contributed by atoms with E-state index < -0.39 is 0 Å². The van der Waals surface area contributed by atoms with Gasteiger partial charge in [-0.15, -0.1) is 5.23 Å². The van der Waals surface area contributed by atoms with Crippen LogP contribution in [0.1, 0.15) is 5.56 Å². The molecule has 0 unspecified atom stereocenters. The van der Waals surface area contributed by atoms with Crippen LogP contribution in [0, 0.1) is 6.92 Å². The molecule has 1 heterocycles. The topological polar surface area (TPSA) is 56.8 Å². The largest absolute Gasteiger partial charge is 0.456 e. The van der Waals surface area contributed by atoms with E-state index in [0.717, 1.165) is 16.5 Å². The Morgan fingerprint density at radius 1 is 1.06 bits per heavy atom. The molecule has 3 aromatic rings. The summed E-state index contributed by atoms with van der Waals surface area (Å²) in [6.07, 6.45) is 0. The average molecular weight is 229 g/mol. The highest BCUT2D eigenvalue weighted by Gasteiger charge is 2.14. The number of aryl methyl sites for hydroxylation is 1. The molecule has 0 amide bonds. The lowest BCUT2D eigenvalue weighted by Crippen LogP contribution is -2.11. The molecular weight excluding hydrogens is 218 g/mol. The van der Waals surface area contributed by atoms with E-state index in [1.807, 2.05) is 37.3 Å². The van der Waals surface area contributed by atoms with Gasteiger partial charge in [-0.25, -0.2) is 0 Å². The molecule has 0 radical (unpaired) electrons. The lowest BCUT2D eigenvalue weighted by Gasteiger charge is -2.09. The van der Waals surface area contributed by atoms with Gasteiger partial charge in [-0.05, 0) is 30.7 Å². The molecule has 86 valence electrons. The van der Waals surface area contributed by atoms with Gasteiger partial charge < -0.3 is 4.42 Å². The molecule has 1 aromatic heterocycles. The van der Waals surface area contributed by atoms with Crippen molar-refractivity contribution in [1.82, 2.24) is 0 Å². The lowest BCUT2D eigenvalue weighted by atomic mass is 10.1. The van der Waals surface area contributed by atoms with Gasteiger partial charge in [0, 0.05) is 5.39 Å². The summed E-state index contributed by atoms with van der Waals surface area (Å²) in [7, 11) is 0. The molecule has 0 fully saturated rings. The van der Waals surface area contributed by atoms with Crippen LogP contribution in [0.2, 0.25) is 0 Å². The minimum absolute atomic E-state index is 0.136. The van der Waals surface area contributed by atoms with Crippen LogP contribution in [-0.4, -0.2) is 10.4 Å². The molecule has 0 aliphatic heterocycles. The van der Waals surface area contributed by atoms with Crippen LogP contribution in [0.25, 0.3) is 21.9 Å². The maximum atomic E-state index is 9.27. The number of para-hydroxylation sites is 1. The van der Waals surface area contributed by atoms with E-state index in [2.05, 4.69) is 0 Å². The summed E-state index contributed by atoms with van der Waals surface area (Å²) in [6, 6.07) is 11.1. The number of benzene rings is 2. The number of fused-ring (bicyclic) bond motifs is 3. The first-order valence-corrected chi connectivity index (χ1v) is 5.26. The van der Waals surface area contributed by atoms with Crippen molar-refractivity contribution in [3.8, 4) is 0 Å². The molecule has 2 aromatic carbocycles. The average Bonchev–Trinajstić information content (AvgIpc) is 2.65. The molecule has 0 saturated carbocycles. The molecule has 0 saturated heterocycles. The van der Waals surface area contributed by atoms with Gasteiger partial charge >= 0.3 is 0 Å². The zero-order valence-electron chi connectivity index (χ0n) is 9.21. The second-order valence-electron chi connectivity index (χ2n) is 4.04. The third kappa shape index (κ3) is 1.46. The minimum atomic E-state index is 0.136. The molecule has 0 atom stereocenters. The molecule has 0 spiro atoms. The molecule has 4 nitrogen and oxygen atoms in total. The normalized spacial score (nSPS) is 11.2. The van der Waals surface area contributed by atoms with E-state index in [0.29, 0.717) is 16.7 Å². The number of hydrogen-bond donors (Lipinski definition) is 2. The Labute approximate surface area is 97.2 Å². The fraction of sp³-hybridized carbons (Fsp3) is 0.0769. The summed E-state index contributed by atoms with van der Waals surface area (Å²) in [6.45, 7) is 1.87. The number of anilines is 1. The molecule has 2 N–H and O–H groups in total. The van der Waals surface area contributed by atoms with Crippen LogP contribution in [0.3, 0.4) is 0 Å². The standard InChI is InChI=1S/C13H11NO3/c1-8-6-10(14(15)16)13-9-4-2-3-5-11(9)17-12(13)7-8/h2-7,15-16H,1H3. The predicted molar refractivity (Wildman–Crippen MR) is 64.5 cm³/mol. The summed E-state index contributed by atoms with van der Waals surface area (Å²) in [5.74, 6) is 0. The van der Waals surface area contributed by atoms with Crippen molar-refractivity contribution in [2.45, 2.75) is 6.92 Å². The summed E-state index contributed by atoms with van der Waals surface area (Å²) >= 11 is 0. The van der Waals surface area contributed by atoms with Gasteiger partial charge in [0.1, 0.15) is 16.9 Å². The second-order valence-corrected chi connectivity index (χ2v) is 4.04. The van der Waals surface area contributed by atoms with E-state index >= 15 is 0 Å². The monoisotopic (exact) mass is 229 g/mol. The van der Waals surface area contributed by atoms with Gasteiger partial charge in [0.05, 0.1) is 5.39 Å². The van der Waals surface area contributed by atoms with Crippen LogP contribution < -0.4 is 5.23 Å². The fourth-order valence-electron chi connectivity index (χ4n) is 2.12. The summed E-state index contributed by atoms with van der Waals surface area (Å²) in [5, 5.41) is 20.2. The van der Waals surface area contributed by atoms with Crippen LogP contribution >= 0.6 is 0 Å². The maximum Gasteiger partial charge on any atom is 0.137 e. The molecule has 17 heavy (non-hydrogen) atoms. The van der Waals surface area contributed by atoms with Gasteiger partial charge in [-0.1, -0.05) is 18.2 Å². The fourth-order valence-corrected chi connectivity index (χ4v) is 2.12. The van der Waals surface area contributed by atoms with Gasteiger partial charge in [0.2, 0.25) is 0 Å². The van der Waals surface area contributed by atoms with Crippen LogP contribution in [0.15, 0.2) is 40.8 Å². The summed E-state index contributed by atoms with van der Waals surface area (Å²) in [4.78, 5) is 0. The van der Waals surface area contributed by atoms with Gasteiger partial charge in [0.15, 0.2) is 0 Å².